The van der Waals surface area contributed by atoms with E-state index in [-0.39, 0.29) is 34.6 Å². The zero-order valence-electron chi connectivity index (χ0n) is 20.7. The van der Waals surface area contributed by atoms with Crippen molar-refractivity contribution in [1.29, 1.82) is 0 Å². The Hall–Kier alpha value is -2.84. The monoisotopic (exact) mass is 446 g/mol. The lowest BCUT2D eigenvalue weighted by Gasteiger charge is -2.25. The van der Waals surface area contributed by atoms with Crippen molar-refractivity contribution in [3.8, 4) is 0 Å². The van der Waals surface area contributed by atoms with Crippen molar-refractivity contribution in [2.45, 2.75) is 86.2 Å². The van der Waals surface area contributed by atoms with Crippen molar-refractivity contribution in [2.75, 3.05) is 17.2 Å². The molecule has 32 heavy (non-hydrogen) atoms. The minimum Gasteiger partial charge on any atom is -0.383 e. The molecule has 178 valence electrons. The molecule has 2 aromatic rings. The number of unbranched alkanes of at least 4 members (excludes halogenated alkanes) is 1. The first-order valence-corrected chi connectivity index (χ1v) is 11.3. The van der Waals surface area contributed by atoms with E-state index in [1.165, 1.54) is 9.47 Å². The first-order chi connectivity index (χ1) is 14.8. The van der Waals surface area contributed by atoms with Gasteiger partial charge in [0.2, 0.25) is 0 Å². The van der Waals surface area contributed by atoms with Gasteiger partial charge in [-0.3, -0.25) is 28.7 Å². The maximum Gasteiger partial charge on any atom is 0.330 e. The first kappa shape index (κ1) is 25.4. The summed E-state index contributed by atoms with van der Waals surface area (Å²) in [6.07, 6.45) is 1.49. The van der Waals surface area contributed by atoms with Crippen LogP contribution in [-0.4, -0.2) is 31.8 Å². The molecule has 0 saturated carbocycles. The highest BCUT2D eigenvalue weighted by atomic mass is 16.2. The largest absolute Gasteiger partial charge is 0.383 e. The fourth-order valence-electron chi connectivity index (χ4n) is 3.60. The quantitative estimate of drug-likeness (QED) is 0.645. The highest BCUT2D eigenvalue weighted by molar-refractivity contribution is 6.06. The summed E-state index contributed by atoms with van der Waals surface area (Å²) in [6.45, 7) is 16.7. The smallest absolute Gasteiger partial charge is 0.330 e. The van der Waals surface area contributed by atoms with Gasteiger partial charge < -0.3 is 5.73 Å². The predicted molar refractivity (Wildman–Crippen MR) is 128 cm³/mol. The van der Waals surface area contributed by atoms with Crippen molar-refractivity contribution >= 4 is 17.4 Å². The summed E-state index contributed by atoms with van der Waals surface area (Å²) in [5, 5.41) is 4.61. The average molecular weight is 447 g/mol. The molecule has 0 aromatic carbocycles. The van der Waals surface area contributed by atoms with Crippen LogP contribution in [0.15, 0.2) is 15.7 Å². The van der Waals surface area contributed by atoms with E-state index in [1.54, 1.807) is 6.07 Å². The van der Waals surface area contributed by atoms with Gasteiger partial charge >= 0.3 is 5.69 Å². The Morgan fingerprint density at radius 1 is 1.22 bits per heavy atom. The number of carbonyl (C=O) groups excluding carboxylic acids is 1. The van der Waals surface area contributed by atoms with Gasteiger partial charge in [0, 0.05) is 18.8 Å². The Balaban J connectivity index is 2.68. The molecule has 9 heteroatoms. The van der Waals surface area contributed by atoms with Crippen LogP contribution in [0, 0.1) is 5.92 Å². The van der Waals surface area contributed by atoms with E-state index in [0.29, 0.717) is 19.5 Å². The van der Waals surface area contributed by atoms with Crippen LogP contribution in [-0.2, 0) is 12.1 Å². The van der Waals surface area contributed by atoms with Crippen LogP contribution < -0.4 is 21.9 Å². The number of nitrogens with zero attached hydrogens (tertiary/aromatic N) is 4. The summed E-state index contributed by atoms with van der Waals surface area (Å²) in [7, 11) is 0. The summed E-state index contributed by atoms with van der Waals surface area (Å²) in [5.74, 6) is -0.120. The van der Waals surface area contributed by atoms with Crippen LogP contribution >= 0.6 is 0 Å². The van der Waals surface area contributed by atoms with Crippen LogP contribution in [0.2, 0.25) is 0 Å². The Morgan fingerprint density at radius 3 is 2.31 bits per heavy atom. The molecule has 2 aromatic heterocycles. The molecule has 0 radical (unpaired) electrons. The summed E-state index contributed by atoms with van der Waals surface area (Å²) in [5.41, 5.74) is 5.92. The SMILES string of the molecule is CCCCN(C(=O)c1cc(C(C)C)n(C(C)(C)C)n1)c1c(N)n(CC(C)C)c(=O)[nH]c1=O. The molecular formula is C23H38N6O3. The molecule has 0 aliphatic rings. The van der Waals surface area contributed by atoms with E-state index in [4.69, 9.17) is 5.73 Å². The molecule has 2 heterocycles. The molecule has 9 nitrogen and oxygen atoms in total. The molecule has 0 fully saturated rings. The number of nitrogens with one attached hydrogen (secondary N) is 1. The zero-order chi connectivity index (χ0) is 24.4. The normalized spacial score (nSPS) is 12.1. The fraction of sp³-hybridized carbons (Fsp3) is 0.652. The summed E-state index contributed by atoms with van der Waals surface area (Å²) in [6, 6.07) is 1.78. The van der Waals surface area contributed by atoms with Gasteiger partial charge in [-0.25, -0.2) is 4.79 Å². The number of rotatable bonds is 8. The number of anilines is 2. The van der Waals surface area contributed by atoms with E-state index in [2.05, 4.69) is 10.1 Å². The van der Waals surface area contributed by atoms with Gasteiger partial charge in [-0.1, -0.05) is 41.0 Å². The van der Waals surface area contributed by atoms with Gasteiger partial charge in [-0.2, -0.15) is 5.10 Å². The standard InChI is InChI=1S/C23H38N6O3/c1-9-10-11-27(18-19(24)28(13-14(2)3)22(32)25-20(18)30)21(31)16-12-17(15(4)5)29(26-16)23(6,7)8/h12,14-15H,9-11,13,24H2,1-8H3,(H,25,30,32). The van der Waals surface area contributed by atoms with Crippen molar-refractivity contribution in [3.63, 3.8) is 0 Å². The molecular weight excluding hydrogens is 408 g/mol. The molecule has 0 atom stereocenters. The maximum atomic E-state index is 13.6. The lowest BCUT2D eigenvalue weighted by Crippen LogP contribution is -2.42. The molecule has 0 aliphatic heterocycles. The second-order valence-corrected chi connectivity index (χ2v) is 10.00. The van der Waals surface area contributed by atoms with Crippen molar-refractivity contribution < 1.29 is 4.79 Å². The van der Waals surface area contributed by atoms with Crippen LogP contribution in [0.5, 0.6) is 0 Å². The van der Waals surface area contributed by atoms with E-state index in [9.17, 15) is 14.4 Å². The van der Waals surface area contributed by atoms with E-state index in [0.717, 1.165) is 12.1 Å². The maximum absolute atomic E-state index is 13.6. The second kappa shape index (κ2) is 9.75. The van der Waals surface area contributed by atoms with Gasteiger partial charge in [-0.05, 0) is 45.1 Å². The van der Waals surface area contributed by atoms with E-state index < -0.39 is 17.2 Å². The van der Waals surface area contributed by atoms with Crippen molar-refractivity contribution in [2.24, 2.45) is 5.92 Å². The minimum atomic E-state index is -0.670. The number of hydrogen-bond donors (Lipinski definition) is 2. The number of aromatic nitrogens is 4. The highest BCUT2D eigenvalue weighted by Crippen LogP contribution is 2.26. The molecule has 0 aliphatic carbocycles. The third kappa shape index (κ3) is 5.31. The van der Waals surface area contributed by atoms with E-state index >= 15 is 0 Å². The number of carbonyl (C=O) groups is 1. The number of hydrogen-bond acceptors (Lipinski definition) is 5. The first-order valence-electron chi connectivity index (χ1n) is 11.3. The Bertz CT molecular complexity index is 1070. The molecule has 0 unspecified atom stereocenters. The highest BCUT2D eigenvalue weighted by Gasteiger charge is 2.29. The minimum absolute atomic E-state index is 0.0000978. The van der Waals surface area contributed by atoms with Gasteiger partial charge in [0.25, 0.3) is 11.5 Å². The summed E-state index contributed by atoms with van der Waals surface area (Å²) >= 11 is 0. The molecule has 0 bridgehead atoms. The lowest BCUT2D eigenvalue weighted by atomic mass is 10.1. The van der Waals surface area contributed by atoms with Gasteiger partial charge in [0.15, 0.2) is 11.4 Å². The Labute approximate surface area is 189 Å². The number of nitrogen functional groups attached to an aromatic ring is 1. The third-order valence-corrected chi connectivity index (χ3v) is 5.20. The molecule has 3 N–H and O–H groups in total. The molecule has 1 amide bonds. The summed E-state index contributed by atoms with van der Waals surface area (Å²) in [4.78, 5) is 42.5. The average Bonchev–Trinajstić information content (AvgIpc) is 3.13. The van der Waals surface area contributed by atoms with Crippen molar-refractivity contribution in [1.82, 2.24) is 19.3 Å². The Morgan fingerprint density at radius 2 is 1.84 bits per heavy atom. The number of aromatic amines is 1. The van der Waals surface area contributed by atoms with Crippen LogP contribution in [0.25, 0.3) is 0 Å². The zero-order valence-corrected chi connectivity index (χ0v) is 20.7. The third-order valence-electron chi connectivity index (χ3n) is 5.20. The number of amides is 1. The molecule has 0 saturated heterocycles. The molecule has 0 spiro atoms. The van der Waals surface area contributed by atoms with Crippen LogP contribution in [0.1, 0.15) is 90.3 Å². The fourth-order valence-corrected chi connectivity index (χ4v) is 3.60. The van der Waals surface area contributed by atoms with Crippen molar-refractivity contribution in [3.05, 3.63) is 38.3 Å². The van der Waals surface area contributed by atoms with E-state index in [1.807, 2.05) is 60.1 Å². The van der Waals surface area contributed by atoms with Crippen LogP contribution in [0.4, 0.5) is 11.5 Å². The second-order valence-electron chi connectivity index (χ2n) is 10.00. The van der Waals surface area contributed by atoms with Gasteiger partial charge in [0.05, 0.1) is 5.54 Å². The van der Waals surface area contributed by atoms with Crippen LogP contribution in [0.3, 0.4) is 0 Å². The summed E-state index contributed by atoms with van der Waals surface area (Å²) < 4.78 is 3.18. The lowest BCUT2D eigenvalue weighted by molar-refractivity contribution is 0.0980. The number of nitrogens with two attached hydrogens (primary N) is 1. The topological polar surface area (TPSA) is 119 Å². The van der Waals surface area contributed by atoms with Gasteiger partial charge in [-0.15, -0.1) is 0 Å². The number of H-pyrrole nitrogens is 1. The predicted octanol–water partition coefficient (Wildman–Crippen LogP) is 3.30. The van der Waals surface area contributed by atoms with Gasteiger partial charge in [0.1, 0.15) is 5.82 Å². The Kier molecular flexibility index (Phi) is 7.74. The molecule has 2 rings (SSSR count).